The summed E-state index contributed by atoms with van der Waals surface area (Å²) in [5.74, 6) is -1.54. The van der Waals surface area contributed by atoms with Gasteiger partial charge in [-0.25, -0.2) is 13.3 Å². The summed E-state index contributed by atoms with van der Waals surface area (Å²) in [6, 6.07) is 9.80. The largest absolute Gasteiger partial charge is 0.488 e. The first-order valence-corrected chi connectivity index (χ1v) is 13.2. The van der Waals surface area contributed by atoms with Crippen LogP contribution in [0.2, 0.25) is 0 Å². The fourth-order valence-corrected chi connectivity index (χ4v) is 4.93. The Balaban J connectivity index is 1.24. The summed E-state index contributed by atoms with van der Waals surface area (Å²) in [5, 5.41) is 19.8. The van der Waals surface area contributed by atoms with Crippen LogP contribution in [0.3, 0.4) is 0 Å². The Kier molecular flexibility index (Phi) is 6.64. The van der Waals surface area contributed by atoms with Crippen LogP contribution in [0, 0.1) is 18.6 Å². The van der Waals surface area contributed by atoms with E-state index in [1.165, 1.54) is 0 Å². The minimum Gasteiger partial charge on any atom is -0.488 e. The number of nitrogens with one attached hydrogen (secondary N) is 2. The van der Waals surface area contributed by atoms with Crippen LogP contribution >= 0.6 is 0 Å². The van der Waals surface area contributed by atoms with E-state index in [1.807, 2.05) is 25.1 Å². The third kappa shape index (κ3) is 5.56. The fourth-order valence-electron chi connectivity index (χ4n) is 4.93. The van der Waals surface area contributed by atoms with E-state index in [-0.39, 0.29) is 23.9 Å². The average molecular weight is 534 g/mol. The van der Waals surface area contributed by atoms with Gasteiger partial charge in [0, 0.05) is 35.2 Å². The average Bonchev–Trinajstić information content (AvgIpc) is 3.62. The third-order valence-corrected chi connectivity index (χ3v) is 7.17. The van der Waals surface area contributed by atoms with E-state index >= 15 is 0 Å². The smallest absolute Gasteiger partial charge is 0.257 e. The van der Waals surface area contributed by atoms with Gasteiger partial charge in [-0.15, -0.1) is 0 Å². The molecule has 2 aliphatic rings. The second-order valence-corrected chi connectivity index (χ2v) is 10.4. The number of aromatic nitrogens is 3. The molecule has 39 heavy (non-hydrogen) atoms. The molecule has 0 unspecified atom stereocenters. The van der Waals surface area contributed by atoms with E-state index in [4.69, 9.17) is 4.74 Å². The molecule has 0 spiro atoms. The highest BCUT2D eigenvalue weighted by molar-refractivity contribution is 5.95. The van der Waals surface area contributed by atoms with Gasteiger partial charge in [-0.3, -0.25) is 9.78 Å². The molecule has 0 atom stereocenters. The summed E-state index contributed by atoms with van der Waals surface area (Å²) in [4.78, 5) is 16.6. The van der Waals surface area contributed by atoms with Crippen LogP contribution in [-0.4, -0.2) is 43.9 Å². The molecule has 3 N–H and O–H groups in total. The second-order valence-electron chi connectivity index (χ2n) is 10.4. The van der Waals surface area contributed by atoms with Gasteiger partial charge in [0.15, 0.2) is 5.82 Å². The van der Waals surface area contributed by atoms with Crippen LogP contribution in [0.15, 0.2) is 48.8 Å². The Bertz CT molecular complexity index is 1520. The van der Waals surface area contributed by atoms with Gasteiger partial charge in [0.2, 0.25) is 0 Å². The van der Waals surface area contributed by atoms with Gasteiger partial charge in [0.05, 0.1) is 23.9 Å². The lowest BCUT2D eigenvalue weighted by molar-refractivity contribution is 0.0667. The normalized spacial score (nSPS) is 19.2. The minimum absolute atomic E-state index is 0.00282. The first-order valence-electron chi connectivity index (χ1n) is 13.2. The molecule has 8 nitrogen and oxygen atoms in total. The number of carbonyl (C=O) groups is 1. The Morgan fingerprint density at radius 3 is 2.51 bits per heavy atom. The first-order chi connectivity index (χ1) is 18.8. The van der Waals surface area contributed by atoms with E-state index in [0.717, 1.165) is 73.0 Å². The number of nitrogens with zero attached hydrogens (tertiary/aromatic N) is 3. The number of hydrogen-bond acceptors (Lipinski definition) is 6. The zero-order valence-corrected chi connectivity index (χ0v) is 21.5. The predicted octanol–water partition coefficient (Wildman–Crippen LogP) is 5.30. The molecule has 1 aromatic carbocycles. The van der Waals surface area contributed by atoms with Gasteiger partial charge < -0.3 is 20.5 Å². The molecular formula is C29H29F2N5O3. The number of benzene rings is 1. The van der Waals surface area contributed by atoms with E-state index in [2.05, 4.69) is 20.7 Å². The van der Waals surface area contributed by atoms with E-state index in [1.54, 1.807) is 23.0 Å². The van der Waals surface area contributed by atoms with Crippen LogP contribution in [0.5, 0.6) is 5.75 Å². The molecule has 2 fully saturated rings. The molecule has 202 valence electrons. The second kappa shape index (κ2) is 10.3. The molecule has 4 aromatic rings. The molecule has 2 aliphatic carbocycles. The van der Waals surface area contributed by atoms with Gasteiger partial charge in [0.25, 0.3) is 5.91 Å². The van der Waals surface area contributed by atoms with Crippen LogP contribution < -0.4 is 15.4 Å². The van der Waals surface area contributed by atoms with Crippen molar-refractivity contribution in [2.45, 2.75) is 63.7 Å². The summed E-state index contributed by atoms with van der Waals surface area (Å²) in [7, 11) is 0. The summed E-state index contributed by atoms with van der Waals surface area (Å²) < 4.78 is 37.2. The highest BCUT2D eigenvalue weighted by Gasteiger charge is 2.27. The Hall–Kier alpha value is -4.05. The SMILES string of the molecule is Cc1cc(-c2ccn3nc(Nc4cc(F)c(C(=O)NC5CC5)c(F)c4)cc3c2)c(OC2CCC(O)CC2)cn1. The number of aliphatic hydroxyl groups excluding tert-OH is 1. The molecule has 2 saturated carbocycles. The van der Waals surface area contributed by atoms with E-state index in [9.17, 15) is 18.7 Å². The van der Waals surface area contributed by atoms with Crippen molar-refractivity contribution in [2.75, 3.05) is 5.32 Å². The first kappa shape index (κ1) is 25.2. The zero-order chi connectivity index (χ0) is 27.1. The topological polar surface area (TPSA) is 101 Å². The van der Waals surface area contributed by atoms with Crippen LogP contribution in [0.4, 0.5) is 20.3 Å². The van der Waals surface area contributed by atoms with Crippen LogP contribution in [-0.2, 0) is 0 Å². The molecule has 3 aromatic heterocycles. The van der Waals surface area contributed by atoms with Crippen molar-refractivity contribution in [3.8, 4) is 16.9 Å². The minimum atomic E-state index is -0.935. The lowest BCUT2D eigenvalue weighted by Crippen LogP contribution is -2.27. The van der Waals surface area contributed by atoms with Crippen molar-refractivity contribution in [1.29, 1.82) is 0 Å². The molecule has 0 bridgehead atoms. The standard InChI is InChI=1S/C29H29F2N5O3/c1-16-10-23(26(15-32-16)39-22-6-4-21(37)5-7-22)17-8-9-36-20(11-17)14-27(35-36)33-19-12-24(30)28(25(31)13-19)29(38)34-18-2-3-18/h8-15,18,21-22,37H,2-7H2,1H3,(H,33,35)(H,34,38). The maximum atomic E-state index is 14.6. The van der Waals surface area contributed by atoms with Crippen molar-refractivity contribution in [3.63, 3.8) is 0 Å². The highest BCUT2D eigenvalue weighted by atomic mass is 19.1. The molecule has 3 heterocycles. The summed E-state index contributed by atoms with van der Waals surface area (Å²) >= 11 is 0. The third-order valence-electron chi connectivity index (χ3n) is 7.17. The van der Waals surface area contributed by atoms with E-state index < -0.39 is 23.1 Å². The van der Waals surface area contributed by atoms with Crippen molar-refractivity contribution < 1.29 is 23.4 Å². The van der Waals surface area contributed by atoms with Crippen molar-refractivity contribution >= 4 is 22.9 Å². The van der Waals surface area contributed by atoms with Gasteiger partial charge in [0.1, 0.15) is 22.9 Å². The molecule has 10 heteroatoms. The fraction of sp³-hybridized carbons (Fsp3) is 0.345. The number of fused-ring (bicyclic) bond motifs is 1. The van der Waals surface area contributed by atoms with Crippen molar-refractivity contribution in [3.05, 3.63) is 71.7 Å². The van der Waals surface area contributed by atoms with Gasteiger partial charge in [-0.05, 0) is 81.3 Å². The maximum Gasteiger partial charge on any atom is 0.257 e. The predicted molar refractivity (Wildman–Crippen MR) is 142 cm³/mol. The molecule has 1 amide bonds. The number of rotatable bonds is 7. The molecule has 6 rings (SSSR count). The number of anilines is 2. The Labute approximate surface area is 224 Å². The molecular weight excluding hydrogens is 504 g/mol. The number of hydrogen-bond donors (Lipinski definition) is 3. The molecule has 0 saturated heterocycles. The number of carbonyl (C=O) groups excluding carboxylic acids is 1. The summed E-state index contributed by atoms with van der Waals surface area (Å²) in [6.45, 7) is 1.92. The number of ether oxygens (including phenoxy) is 1. The van der Waals surface area contributed by atoms with Gasteiger partial charge in [-0.1, -0.05) is 0 Å². The monoisotopic (exact) mass is 533 g/mol. The molecule has 0 radical (unpaired) electrons. The lowest BCUT2D eigenvalue weighted by atomic mass is 9.95. The number of pyridine rings is 2. The number of amides is 1. The number of aliphatic hydroxyl groups is 1. The van der Waals surface area contributed by atoms with Gasteiger partial charge >= 0.3 is 0 Å². The Morgan fingerprint density at radius 2 is 1.79 bits per heavy atom. The quantitative estimate of drug-likeness (QED) is 0.298. The van der Waals surface area contributed by atoms with Crippen molar-refractivity contribution in [2.24, 2.45) is 0 Å². The van der Waals surface area contributed by atoms with E-state index in [0.29, 0.717) is 11.6 Å². The highest BCUT2D eigenvalue weighted by Crippen LogP contribution is 2.34. The number of aryl methyl sites for hydroxylation is 1. The van der Waals surface area contributed by atoms with Crippen LogP contribution in [0.1, 0.15) is 54.6 Å². The summed E-state index contributed by atoms with van der Waals surface area (Å²) in [6.07, 6.45) is 7.98. The molecule has 0 aliphatic heterocycles. The summed E-state index contributed by atoms with van der Waals surface area (Å²) in [5.41, 5.74) is 2.99. The Morgan fingerprint density at radius 1 is 1.05 bits per heavy atom. The van der Waals surface area contributed by atoms with Crippen LogP contribution in [0.25, 0.3) is 16.6 Å². The lowest BCUT2D eigenvalue weighted by Gasteiger charge is -2.27. The zero-order valence-electron chi connectivity index (χ0n) is 21.5. The van der Waals surface area contributed by atoms with Gasteiger partial charge in [-0.2, -0.15) is 5.10 Å². The van der Waals surface area contributed by atoms with Crippen molar-refractivity contribution in [1.82, 2.24) is 19.9 Å². The maximum absolute atomic E-state index is 14.6. The number of halogens is 2.